The first-order valence-electron chi connectivity index (χ1n) is 9.90. The molecule has 0 saturated carbocycles. The lowest BCUT2D eigenvalue weighted by Gasteiger charge is -2.32. The predicted octanol–water partition coefficient (Wildman–Crippen LogP) is 4.49. The van der Waals surface area contributed by atoms with Gasteiger partial charge in [-0.25, -0.2) is 8.42 Å². The van der Waals surface area contributed by atoms with Crippen molar-refractivity contribution in [2.24, 2.45) is 5.92 Å². The third-order valence-corrected chi connectivity index (χ3v) is 7.25. The van der Waals surface area contributed by atoms with Crippen molar-refractivity contribution in [1.82, 2.24) is 10.2 Å². The highest BCUT2D eigenvalue weighted by molar-refractivity contribution is 7.90. The lowest BCUT2D eigenvalue weighted by molar-refractivity contribution is -0.127. The number of piperidine rings is 1. The Bertz CT molecular complexity index is 1000. The first-order valence-corrected chi connectivity index (χ1v) is 12.5. The van der Waals surface area contributed by atoms with Gasteiger partial charge in [-0.1, -0.05) is 41.4 Å². The van der Waals surface area contributed by atoms with Gasteiger partial charge >= 0.3 is 0 Å². The Hall–Kier alpha value is -1.60. The zero-order chi connectivity index (χ0) is 21.9. The van der Waals surface area contributed by atoms with Crippen LogP contribution in [0.4, 0.5) is 0 Å². The number of nitrogens with one attached hydrogen (secondary N) is 1. The molecule has 0 aliphatic carbocycles. The molecule has 30 heavy (non-hydrogen) atoms. The number of benzene rings is 2. The SMILES string of the molecule is C[C@@H](NC(=O)C1CCN(Cc2ccc(Cl)cc2Cl)CC1)c1ccc(S(C)(=O)=O)cc1. The van der Waals surface area contributed by atoms with Crippen LogP contribution >= 0.6 is 23.2 Å². The summed E-state index contributed by atoms with van der Waals surface area (Å²) in [5.41, 5.74) is 1.92. The summed E-state index contributed by atoms with van der Waals surface area (Å²) in [5, 5.41) is 4.35. The lowest BCUT2D eigenvalue weighted by Crippen LogP contribution is -2.40. The van der Waals surface area contributed by atoms with Crippen LogP contribution in [0.2, 0.25) is 10.0 Å². The standard InChI is InChI=1S/C22H26Cl2N2O3S/c1-15(16-4-7-20(8-5-16)30(2,28)29)25-22(27)17-9-11-26(12-10-17)14-18-3-6-19(23)13-21(18)24/h3-8,13,15,17H,9-12,14H2,1-2H3,(H,25,27)/t15-/m1/s1. The summed E-state index contributed by atoms with van der Waals surface area (Å²) in [4.78, 5) is 15.3. The van der Waals surface area contributed by atoms with E-state index in [2.05, 4.69) is 10.2 Å². The van der Waals surface area contributed by atoms with E-state index >= 15 is 0 Å². The van der Waals surface area contributed by atoms with E-state index in [4.69, 9.17) is 23.2 Å². The third-order valence-electron chi connectivity index (χ3n) is 5.53. The molecular formula is C22H26Cl2N2O3S. The summed E-state index contributed by atoms with van der Waals surface area (Å²) in [5.74, 6) is 0.0125. The Balaban J connectivity index is 1.51. The second kappa shape index (κ2) is 9.69. The Labute approximate surface area is 188 Å². The zero-order valence-electron chi connectivity index (χ0n) is 17.1. The van der Waals surface area contributed by atoms with Crippen LogP contribution in [-0.4, -0.2) is 38.6 Å². The largest absolute Gasteiger partial charge is 0.349 e. The fraction of sp³-hybridized carbons (Fsp3) is 0.409. The average molecular weight is 469 g/mol. The minimum absolute atomic E-state index is 0.0281. The second-order valence-corrected chi connectivity index (χ2v) is 10.7. The Morgan fingerprint density at radius 2 is 1.77 bits per heavy atom. The first kappa shape index (κ1) is 23.1. The topological polar surface area (TPSA) is 66.5 Å². The molecule has 0 unspecified atom stereocenters. The molecule has 1 fully saturated rings. The summed E-state index contributed by atoms with van der Waals surface area (Å²) in [7, 11) is -3.23. The molecule has 1 saturated heterocycles. The quantitative estimate of drug-likeness (QED) is 0.677. The van der Waals surface area contributed by atoms with Gasteiger partial charge in [-0.15, -0.1) is 0 Å². The van der Waals surface area contributed by atoms with Gasteiger partial charge in [0, 0.05) is 28.8 Å². The van der Waals surface area contributed by atoms with Crippen molar-refractivity contribution in [3.8, 4) is 0 Å². The fourth-order valence-electron chi connectivity index (χ4n) is 3.66. The second-order valence-electron chi connectivity index (χ2n) is 7.86. The van der Waals surface area contributed by atoms with Gasteiger partial charge in [-0.05, 0) is 68.2 Å². The summed E-state index contributed by atoms with van der Waals surface area (Å²) >= 11 is 12.2. The van der Waals surface area contributed by atoms with Crippen LogP contribution < -0.4 is 5.32 Å². The molecule has 1 amide bonds. The summed E-state index contributed by atoms with van der Waals surface area (Å²) in [6, 6.07) is 12.0. The molecule has 162 valence electrons. The van der Waals surface area contributed by atoms with Gasteiger partial charge in [-0.2, -0.15) is 0 Å². The summed E-state index contributed by atoms with van der Waals surface area (Å²) in [6.45, 7) is 4.31. The van der Waals surface area contributed by atoms with Crippen LogP contribution in [0.5, 0.6) is 0 Å². The number of carbonyl (C=O) groups excluding carboxylic acids is 1. The van der Waals surface area contributed by atoms with E-state index in [1.807, 2.05) is 19.1 Å². The molecule has 8 heteroatoms. The monoisotopic (exact) mass is 468 g/mol. The molecular weight excluding hydrogens is 443 g/mol. The van der Waals surface area contributed by atoms with Gasteiger partial charge in [0.05, 0.1) is 10.9 Å². The molecule has 2 aromatic rings. The van der Waals surface area contributed by atoms with Crippen LogP contribution in [0, 0.1) is 5.92 Å². The molecule has 3 rings (SSSR count). The number of halogens is 2. The van der Waals surface area contributed by atoms with Crippen molar-refractivity contribution in [3.63, 3.8) is 0 Å². The smallest absolute Gasteiger partial charge is 0.223 e. The number of hydrogen-bond acceptors (Lipinski definition) is 4. The van der Waals surface area contributed by atoms with Crippen molar-refractivity contribution in [3.05, 3.63) is 63.6 Å². The fourth-order valence-corrected chi connectivity index (χ4v) is 4.76. The van der Waals surface area contributed by atoms with E-state index in [1.165, 1.54) is 6.26 Å². The molecule has 2 aromatic carbocycles. The number of sulfone groups is 1. The lowest BCUT2D eigenvalue weighted by atomic mass is 9.95. The molecule has 1 aliphatic rings. The van der Waals surface area contributed by atoms with Crippen LogP contribution in [0.1, 0.15) is 36.9 Å². The van der Waals surface area contributed by atoms with Crippen LogP contribution in [-0.2, 0) is 21.2 Å². The Morgan fingerprint density at radius 1 is 1.13 bits per heavy atom. The molecule has 1 heterocycles. The number of nitrogens with zero attached hydrogens (tertiary/aromatic N) is 1. The maximum atomic E-state index is 12.7. The normalized spacial score (nSPS) is 16.9. The van der Waals surface area contributed by atoms with Crippen LogP contribution in [0.15, 0.2) is 47.4 Å². The highest BCUT2D eigenvalue weighted by Crippen LogP contribution is 2.25. The van der Waals surface area contributed by atoms with Crippen molar-refractivity contribution < 1.29 is 13.2 Å². The maximum Gasteiger partial charge on any atom is 0.223 e. The van der Waals surface area contributed by atoms with E-state index in [0.717, 1.165) is 43.6 Å². The zero-order valence-corrected chi connectivity index (χ0v) is 19.4. The minimum atomic E-state index is -3.23. The number of hydrogen-bond donors (Lipinski definition) is 1. The summed E-state index contributed by atoms with van der Waals surface area (Å²) in [6.07, 6.45) is 2.76. The maximum absolute atomic E-state index is 12.7. The van der Waals surface area contributed by atoms with E-state index in [9.17, 15) is 13.2 Å². The third kappa shape index (κ3) is 5.97. The number of amides is 1. The van der Waals surface area contributed by atoms with E-state index < -0.39 is 9.84 Å². The van der Waals surface area contributed by atoms with Gasteiger partial charge < -0.3 is 5.32 Å². The van der Waals surface area contributed by atoms with E-state index in [-0.39, 0.29) is 22.8 Å². The summed E-state index contributed by atoms with van der Waals surface area (Å²) < 4.78 is 23.2. The average Bonchev–Trinajstić information content (AvgIpc) is 2.70. The molecule has 1 atom stereocenters. The molecule has 0 spiro atoms. The van der Waals surface area contributed by atoms with Crippen molar-refractivity contribution in [2.45, 2.75) is 37.2 Å². The van der Waals surface area contributed by atoms with Gasteiger partial charge in [0.15, 0.2) is 9.84 Å². The molecule has 5 nitrogen and oxygen atoms in total. The number of rotatable bonds is 6. The molecule has 0 aromatic heterocycles. The van der Waals surface area contributed by atoms with Crippen molar-refractivity contribution in [2.75, 3.05) is 19.3 Å². The minimum Gasteiger partial charge on any atom is -0.349 e. The van der Waals surface area contributed by atoms with Crippen LogP contribution in [0.25, 0.3) is 0 Å². The highest BCUT2D eigenvalue weighted by atomic mass is 35.5. The number of likely N-dealkylation sites (tertiary alicyclic amines) is 1. The molecule has 0 bridgehead atoms. The molecule has 1 aliphatic heterocycles. The van der Waals surface area contributed by atoms with E-state index in [1.54, 1.807) is 30.3 Å². The van der Waals surface area contributed by atoms with Gasteiger partial charge in [0.25, 0.3) is 0 Å². The van der Waals surface area contributed by atoms with Gasteiger partial charge in [-0.3, -0.25) is 9.69 Å². The Morgan fingerprint density at radius 3 is 2.33 bits per heavy atom. The number of carbonyl (C=O) groups is 1. The van der Waals surface area contributed by atoms with E-state index in [0.29, 0.717) is 10.0 Å². The Kier molecular flexibility index (Phi) is 7.45. The van der Waals surface area contributed by atoms with Gasteiger partial charge in [0.1, 0.15) is 0 Å². The molecule has 1 N–H and O–H groups in total. The van der Waals surface area contributed by atoms with Crippen molar-refractivity contribution >= 4 is 38.9 Å². The first-order chi connectivity index (χ1) is 14.1. The van der Waals surface area contributed by atoms with Gasteiger partial charge in [0.2, 0.25) is 5.91 Å². The van der Waals surface area contributed by atoms with Crippen molar-refractivity contribution in [1.29, 1.82) is 0 Å². The predicted molar refractivity (Wildman–Crippen MR) is 121 cm³/mol. The highest BCUT2D eigenvalue weighted by Gasteiger charge is 2.26. The van der Waals surface area contributed by atoms with Crippen LogP contribution in [0.3, 0.4) is 0 Å². The molecule has 0 radical (unpaired) electrons.